The number of rotatable bonds is 4. The van der Waals surface area contributed by atoms with Gasteiger partial charge in [0.2, 0.25) is 0 Å². The summed E-state index contributed by atoms with van der Waals surface area (Å²) < 4.78 is 1.76. The fourth-order valence-electron chi connectivity index (χ4n) is 2.24. The number of nitrogens with two attached hydrogens (primary N) is 1. The highest BCUT2D eigenvalue weighted by molar-refractivity contribution is 6.31. The lowest BCUT2D eigenvalue weighted by molar-refractivity contribution is 0.318. The molecule has 0 amide bonds. The summed E-state index contributed by atoms with van der Waals surface area (Å²) in [5, 5.41) is 16.9. The number of anilines is 1. The molecule has 0 aliphatic heterocycles. The molecule has 7 heteroatoms. The molecule has 1 aromatic heterocycles. The van der Waals surface area contributed by atoms with Gasteiger partial charge in [-0.05, 0) is 19.1 Å². The molecule has 2 aromatic rings. The van der Waals surface area contributed by atoms with Crippen LogP contribution in [-0.4, -0.2) is 27.9 Å². The van der Waals surface area contributed by atoms with Gasteiger partial charge in [-0.25, -0.2) is 0 Å². The quantitative estimate of drug-likeness (QED) is 0.392. The van der Waals surface area contributed by atoms with Gasteiger partial charge < -0.3 is 15.8 Å². The van der Waals surface area contributed by atoms with E-state index in [4.69, 9.17) is 22.5 Å². The Morgan fingerprint density at radius 3 is 2.71 bits per heavy atom. The SMILES string of the molecule is Cc1nn(C)c(CN(C)c2ccccc2/C(N)=N/O)c1Cl. The molecular weight excluding hydrogens is 290 g/mol. The summed E-state index contributed by atoms with van der Waals surface area (Å²) in [6, 6.07) is 7.45. The summed E-state index contributed by atoms with van der Waals surface area (Å²) in [6.45, 7) is 2.43. The Morgan fingerprint density at radius 1 is 1.48 bits per heavy atom. The van der Waals surface area contributed by atoms with Gasteiger partial charge in [0.25, 0.3) is 0 Å². The van der Waals surface area contributed by atoms with Gasteiger partial charge in [-0.1, -0.05) is 28.9 Å². The second-order valence-electron chi connectivity index (χ2n) is 4.83. The van der Waals surface area contributed by atoms with Gasteiger partial charge in [0, 0.05) is 25.3 Å². The maximum atomic E-state index is 8.88. The van der Waals surface area contributed by atoms with E-state index < -0.39 is 0 Å². The molecule has 1 aromatic carbocycles. The van der Waals surface area contributed by atoms with E-state index in [0.717, 1.165) is 17.1 Å². The van der Waals surface area contributed by atoms with Crippen molar-refractivity contribution in [1.29, 1.82) is 0 Å². The number of hydrogen-bond donors (Lipinski definition) is 2. The molecule has 0 aliphatic rings. The average Bonchev–Trinajstić information content (AvgIpc) is 2.72. The number of aryl methyl sites for hydroxylation is 2. The third-order valence-electron chi connectivity index (χ3n) is 3.35. The summed E-state index contributed by atoms with van der Waals surface area (Å²) in [5.41, 5.74) is 8.94. The van der Waals surface area contributed by atoms with Crippen LogP contribution < -0.4 is 10.6 Å². The first kappa shape index (κ1) is 15.2. The number of nitrogens with zero attached hydrogens (tertiary/aromatic N) is 4. The van der Waals surface area contributed by atoms with Crippen LogP contribution in [0.25, 0.3) is 0 Å². The van der Waals surface area contributed by atoms with Crippen molar-refractivity contribution in [3.8, 4) is 0 Å². The highest BCUT2D eigenvalue weighted by Gasteiger charge is 2.16. The predicted molar refractivity (Wildman–Crippen MR) is 84.0 cm³/mol. The van der Waals surface area contributed by atoms with Gasteiger partial charge in [-0.2, -0.15) is 5.10 Å². The fourth-order valence-corrected chi connectivity index (χ4v) is 2.46. The van der Waals surface area contributed by atoms with Gasteiger partial charge >= 0.3 is 0 Å². The molecule has 0 spiro atoms. The van der Waals surface area contributed by atoms with Crippen molar-refractivity contribution in [2.45, 2.75) is 13.5 Å². The lowest BCUT2D eigenvalue weighted by Gasteiger charge is -2.22. The zero-order chi connectivity index (χ0) is 15.6. The molecule has 0 radical (unpaired) electrons. The number of hydrogen-bond acceptors (Lipinski definition) is 4. The van der Waals surface area contributed by atoms with Crippen molar-refractivity contribution in [3.63, 3.8) is 0 Å². The standard InChI is InChI=1S/C14H18ClN5O/c1-9-13(15)12(20(3)17-9)8-19(2)11-7-5-4-6-10(11)14(16)18-21/h4-7,21H,8H2,1-3H3,(H2,16,18). The Bertz CT molecular complexity index is 680. The molecule has 21 heavy (non-hydrogen) atoms. The van der Waals surface area contributed by atoms with E-state index in [0.29, 0.717) is 17.1 Å². The molecule has 2 rings (SSSR count). The minimum atomic E-state index is 0.0738. The third-order valence-corrected chi connectivity index (χ3v) is 3.84. The van der Waals surface area contributed by atoms with Crippen molar-refractivity contribution < 1.29 is 5.21 Å². The van der Waals surface area contributed by atoms with Crippen LogP contribution in [0.3, 0.4) is 0 Å². The van der Waals surface area contributed by atoms with Gasteiger partial charge in [0.05, 0.1) is 23.0 Å². The second kappa shape index (κ2) is 6.05. The largest absolute Gasteiger partial charge is 0.409 e. The molecule has 0 saturated carbocycles. The van der Waals surface area contributed by atoms with Crippen molar-refractivity contribution in [3.05, 3.63) is 46.2 Å². The molecule has 0 fully saturated rings. The maximum Gasteiger partial charge on any atom is 0.172 e. The monoisotopic (exact) mass is 307 g/mol. The fraction of sp³-hybridized carbons (Fsp3) is 0.286. The van der Waals surface area contributed by atoms with Gasteiger partial charge in [-0.15, -0.1) is 0 Å². The van der Waals surface area contributed by atoms with Gasteiger partial charge in [-0.3, -0.25) is 4.68 Å². The highest BCUT2D eigenvalue weighted by Crippen LogP contribution is 2.25. The number of benzene rings is 1. The molecule has 0 saturated heterocycles. The highest BCUT2D eigenvalue weighted by atomic mass is 35.5. The van der Waals surface area contributed by atoms with E-state index in [-0.39, 0.29) is 5.84 Å². The van der Waals surface area contributed by atoms with E-state index >= 15 is 0 Å². The first-order valence-corrected chi connectivity index (χ1v) is 6.79. The van der Waals surface area contributed by atoms with Crippen LogP contribution in [0.2, 0.25) is 5.02 Å². The minimum Gasteiger partial charge on any atom is -0.409 e. The summed E-state index contributed by atoms with van der Waals surface area (Å²) in [7, 11) is 3.78. The van der Waals surface area contributed by atoms with Crippen LogP contribution in [0.4, 0.5) is 5.69 Å². The van der Waals surface area contributed by atoms with E-state index in [9.17, 15) is 0 Å². The van der Waals surface area contributed by atoms with Crippen molar-refractivity contribution in [1.82, 2.24) is 9.78 Å². The molecule has 0 unspecified atom stereocenters. The molecule has 0 atom stereocenters. The van der Waals surface area contributed by atoms with E-state index in [1.165, 1.54) is 0 Å². The molecule has 1 heterocycles. The predicted octanol–water partition coefficient (Wildman–Crippen LogP) is 2.11. The van der Waals surface area contributed by atoms with Crippen molar-refractivity contribution >= 4 is 23.1 Å². The van der Waals surface area contributed by atoms with Crippen molar-refractivity contribution in [2.24, 2.45) is 17.9 Å². The zero-order valence-electron chi connectivity index (χ0n) is 12.2. The Labute approximate surface area is 128 Å². The zero-order valence-corrected chi connectivity index (χ0v) is 13.0. The van der Waals surface area contributed by atoms with E-state index in [2.05, 4.69) is 10.3 Å². The van der Waals surface area contributed by atoms with Crippen LogP contribution in [0, 0.1) is 6.92 Å². The Balaban J connectivity index is 2.35. The Hall–Kier alpha value is -2.21. The van der Waals surface area contributed by atoms with E-state index in [1.807, 2.05) is 44.1 Å². The molecule has 3 N–H and O–H groups in total. The average molecular weight is 308 g/mol. The second-order valence-corrected chi connectivity index (χ2v) is 5.21. The molecule has 112 valence electrons. The lowest BCUT2D eigenvalue weighted by Crippen LogP contribution is -2.23. The van der Waals surface area contributed by atoms with Crippen molar-refractivity contribution in [2.75, 3.05) is 11.9 Å². The number of para-hydroxylation sites is 1. The van der Waals surface area contributed by atoms with Crippen LogP contribution >= 0.6 is 11.6 Å². The molecule has 0 bridgehead atoms. The Kier molecular flexibility index (Phi) is 4.37. The molecule has 0 aliphatic carbocycles. The number of halogens is 1. The Morgan fingerprint density at radius 2 is 2.14 bits per heavy atom. The van der Waals surface area contributed by atoms with Crippen LogP contribution in [-0.2, 0) is 13.6 Å². The summed E-state index contributed by atoms with van der Waals surface area (Å²) >= 11 is 6.28. The number of amidine groups is 1. The third kappa shape index (κ3) is 2.95. The van der Waals surface area contributed by atoms with Crippen LogP contribution in [0.1, 0.15) is 17.0 Å². The normalized spacial score (nSPS) is 11.7. The first-order valence-electron chi connectivity index (χ1n) is 6.41. The smallest absolute Gasteiger partial charge is 0.172 e. The molecule has 6 nitrogen and oxygen atoms in total. The summed E-state index contributed by atoms with van der Waals surface area (Å²) in [6.07, 6.45) is 0. The van der Waals surface area contributed by atoms with E-state index in [1.54, 1.807) is 10.7 Å². The lowest BCUT2D eigenvalue weighted by atomic mass is 10.1. The summed E-state index contributed by atoms with van der Waals surface area (Å²) in [5.74, 6) is 0.0738. The summed E-state index contributed by atoms with van der Waals surface area (Å²) in [4.78, 5) is 1.98. The molecular formula is C14H18ClN5O. The minimum absolute atomic E-state index is 0.0738. The number of oxime groups is 1. The maximum absolute atomic E-state index is 8.88. The first-order chi connectivity index (χ1) is 9.95. The number of aromatic nitrogens is 2. The van der Waals surface area contributed by atoms with Crippen LogP contribution in [0.5, 0.6) is 0 Å². The van der Waals surface area contributed by atoms with Crippen LogP contribution in [0.15, 0.2) is 29.4 Å². The van der Waals surface area contributed by atoms with Gasteiger partial charge in [0.1, 0.15) is 0 Å². The van der Waals surface area contributed by atoms with Gasteiger partial charge in [0.15, 0.2) is 5.84 Å². The topological polar surface area (TPSA) is 79.7 Å².